The number of nitrogens with one attached hydrogen (secondary N) is 1. The summed E-state index contributed by atoms with van der Waals surface area (Å²) in [6.45, 7) is 15.6. The summed E-state index contributed by atoms with van der Waals surface area (Å²) in [6.07, 6.45) is -6.81. The summed E-state index contributed by atoms with van der Waals surface area (Å²) in [7, 11) is -2.24. The van der Waals surface area contributed by atoms with Gasteiger partial charge in [-0.2, -0.15) is 13.2 Å². The average Bonchev–Trinajstić information content (AvgIpc) is 2.57. The Balaban J connectivity index is 3.41. The molecule has 0 saturated heterocycles. The average molecular weight is 464 g/mol. The van der Waals surface area contributed by atoms with Crippen LogP contribution in [0, 0.1) is 5.41 Å². The van der Waals surface area contributed by atoms with Crippen LogP contribution >= 0.6 is 0 Å². The molecule has 1 amide bonds. The number of aliphatic hydroxyl groups excluding tert-OH is 1. The molecule has 9 heteroatoms. The number of alkyl halides is 3. The molecular weight excluding hydrogens is 427 g/mol. The first-order chi connectivity index (χ1) is 13.8. The lowest BCUT2D eigenvalue weighted by atomic mass is 9.75. The zero-order valence-electron chi connectivity index (χ0n) is 19.6. The van der Waals surface area contributed by atoms with Gasteiger partial charge in [0, 0.05) is 5.92 Å². The maximum Gasteiger partial charge on any atom is 0.416 e. The lowest BCUT2D eigenvalue weighted by Gasteiger charge is -2.41. The molecule has 1 unspecified atom stereocenters. The number of hydrogen-bond donors (Lipinski definition) is 3. The van der Waals surface area contributed by atoms with Gasteiger partial charge in [0.15, 0.2) is 8.32 Å². The second-order valence-corrected chi connectivity index (χ2v) is 15.4. The second kappa shape index (κ2) is 9.50. The third kappa shape index (κ3) is 7.50. The van der Waals surface area contributed by atoms with Crippen LogP contribution in [0.3, 0.4) is 0 Å². The van der Waals surface area contributed by atoms with E-state index in [1.807, 2.05) is 13.1 Å². The summed E-state index contributed by atoms with van der Waals surface area (Å²) in [6, 6.07) is 3.64. The molecule has 0 radical (unpaired) electrons. The van der Waals surface area contributed by atoms with Gasteiger partial charge < -0.3 is 20.0 Å². The molecule has 3 atom stereocenters. The summed E-state index contributed by atoms with van der Waals surface area (Å²) in [4.78, 5) is 11.5. The van der Waals surface area contributed by atoms with E-state index in [-0.39, 0.29) is 11.6 Å². The largest absolute Gasteiger partial charge is 0.465 e. The normalized spacial score (nSPS) is 16.5. The van der Waals surface area contributed by atoms with Crippen molar-refractivity contribution >= 4 is 14.4 Å². The zero-order valence-corrected chi connectivity index (χ0v) is 20.6. The molecule has 1 aromatic carbocycles. The molecule has 0 aromatic heterocycles. The number of rotatable bonds is 7. The first kappa shape index (κ1) is 27.5. The summed E-state index contributed by atoms with van der Waals surface area (Å²) < 4.78 is 45.2. The van der Waals surface area contributed by atoms with Crippen LogP contribution in [0.4, 0.5) is 18.0 Å². The highest BCUT2D eigenvalue weighted by Gasteiger charge is 2.42. The minimum absolute atomic E-state index is 0.00161. The fourth-order valence-corrected chi connectivity index (χ4v) is 4.01. The molecule has 5 nitrogen and oxygen atoms in total. The Kier molecular flexibility index (Phi) is 8.41. The van der Waals surface area contributed by atoms with E-state index < -0.39 is 49.6 Å². The van der Waals surface area contributed by atoms with Crippen molar-refractivity contribution < 1.29 is 32.6 Å². The topological polar surface area (TPSA) is 78.8 Å². The van der Waals surface area contributed by atoms with E-state index in [1.165, 1.54) is 12.1 Å². The molecular formula is C22H36F3NO4Si. The molecule has 178 valence electrons. The minimum atomic E-state index is -4.49. The van der Waals surface area contributed by atoms with E-state index in [0.717, 1.165) is 12.1 Å². The Hall–Kier alpha value is -1.58. The number of benzene rings is 1. The monoisotopic (exact) mass is 463 g/mol. The summed E-state index contributed by atoms with van der Waals surface area (Å²) in [5, 5.41) is 22.8. The van der Waals surface area contributed by atoms with Crippen LogP contribution in [-0.4, -0.2) is 43.4 Å². The lowest BCUT2D eigenvalue weighted by molar-refractivity contribution is -0.137. The maximum absolute atomic E-state index is 13.0. The number of carbonyl (C=O) groups is 1. The van der Waals surface area contributed by atoms with Crippen LogP contribution in [0.5, 0.6) is 0 Å². The number of hydrogen-bond acceptors (Lipinski definition) is 3. The fourth-order valence-electron chi connectivity index (χ4n) is 2.98. The van der Waals surface area contributed by atoms with Crippen molar-refractivity contribution in [2.24, 2.45) is 5.41 Å². The van der Waals surface area contributed by atoms with Crippen LogP contribution in [0.1, 0.15) is 58.6 Å². The van der Waals surface area contributed by atoms with Crippen LogP contribution in [0.25, 0.3) is 0 Å². The van der Waals surface area contributed by atoms with Gasteiger partial charge in [-0.1, -0.05) is 53.7 Å². The van der Waals surface area contributed by atoms with Crippen LogP contribution in [0.2, 0.25) is 18.1 Å². The van der Waals surface area contributed by atoms with E-state index in [9.17, 15) is 28.2 Å². The number of amides is 1. The van der Waals surface area contributed by atoms with Crippen molar-refractivity contribution in [1.29, 1.82) is 0 Å². The Morgan fingerprint density at radius 2 is 1.55 bits per heavy atom. The molecule has 0 fully saturated rings. The highest BCUT2D eigenvalue weighted by molar-refractivity contribution is 6.74. The van der Waals surface area contributed by atoms with Gasteiger partial charge in [-0.3, -0.25) is 0 Å². The summed E-state index contributed by atoms with van der Waals surface area (Å²) in [5.41, 5.74) is -1.04. The smallest absolute Gasteiger partial charge is 0.416 e. The molecule has 0 aliphatic rings. The predicted molar refractivity (Wildman–Crippen MR) is 118 cm³/mol. The van der Waals surface area contributed by atoms with Gasteiger partial charge in [0.2, 0.25) is 0 Å². The molecule has 0 bridgehead atoms. The summed E-state index contributed by atoms with van der Waals surface area (Å²) >= 11 is 0. The van der Waals surface area contributed by atoms with Gasteiger partial charge in [0.05, 0.1) is 24.3 Å². The lowest BCUT2D eigenvalue weighted by Crippen LogP contribution is -2.51. The van der Waals surface area contributed by atoms with Crippen molar-refractivity contribution in [2.75, 3.05) is 6.61 Å². The molecule has 0 aliphatic heterocycles. The minimum Gasteiger partial charge on any atom is -0.465 e. The highest BCUT2D eigenvalue weighted by atomic mass is 28.4. The van der Waals surface area contributed by atoms with Gasteiger partial charge >= 0.3 is 12.3 Å². The molecule has 0 heterocycles. The highest BCUT2D eigenvalue weighted by Crippen LogP contribution is 2.39. The first-order valence-electron chi connectivity index (χ1n) is 10.3. The van der Waals surface area contributed by atoms with Crippen molar-refractivity contribution in [3.8, 4) is 0 Å². The molecule has 1 aromatic rings. The van der Waals surface area contributed by atoms with Gasteiger partial charge in [0.1, 0.15) is 0 Å². The third-order valence-electron chi connectivity index (χ3n) is 6.02. The molecule has 0 saturated carbocycles. The van der Waals surface area contributed by atoms with Gasteiger partial charge in [-0.15, -0.1) is 0 Å². The number of halogens is 3. The molecule has 1 rings (SSSR count). The first-order valence-corrected chi connectivity index (χ1v) is 13.2. The van der Waals surface area contributed by atoms with E-state index in [4.69, 9.17) is 4.43 Å². The molecule has 3 N–H and O–H groups in total. The van der Waals surface area contributed by atoms with Gasteiger partial charge in [-0.25, -0.2) is 4.79 Å². The van der Waals surface area contributed by atoms with E-state index in [2.05, 4.69) is 26.1 Å². The Morgan fingerprint density at radius 1 is 1.06 bits per heavy atom. The van der Waals surface area contributed by atoms with Crippen molar-refractivity contribution in [3.05, 3.63) is 35.4 Å². The summed E-state index contributed by atoms with van der Waals surface area (Å²) in [5.74, 6) is -0.803. The molecule has 0 aliphatic carbocycles. The van der Waals surface area contributed by atoms with Gasteiger partial charge in [-0.05, 0) is 41.2 Å². The van der Waals surface area contributed by atoms with Crippen LogP contribution < -0.4 is 5.32 Å². The van der Waals surface area contributed by atoms with Gasteiger partial charge in [0.25, 0.3) is 0 Å². The molecule has 31 heavy (non-hydrogen) atoms. The number of aliphatic hydroxyl groups is 1. The van der Waals surface area contributed by atoms with E-state index in [0.29, 0.717) is 5.56 Å². The SMILES string of the molecule is CC(C)(C)C(O)[C@H](c1ccc(C(F)(F)F)cc1)[C@@H](CO[Si](C)(C)C(C)(C)C)NC(=O)O. The second-order valence-electron chi connectivity index (χ2n) is 10.6. The van der Waals surface area contributed by atoms with Crippen LogP contribution in [0.15, 0.2) is 24.3 Å². The zero-order chi connectivity index (χ0) is 24.4. The fraction of sp³-hybridized carbons (Fsp3) is 0.682. The van der Waals surface area contributed by atoms with Crippen LogP contribution in [-0.2, 0) is 10.6 Å². The third-order valence-corrected chi connectivity index (χ3v) is 10.5. The van der Waals surface area contributed by atoms with E-state index >= 15 is 0 Å². The number of carboxylic acid groups (broad SMARTS) is 1. The van der Waals surface area contributed by atoms with E-state index in [1.54, 1.807) is 20.8 Å². The maximum atomic E-state index is 13.0. The Morgan fingerprint density at radius 3 is 1.90 bits per heavy atom. The Labute approximate surface area is 184 Å². The molecule has 0 spiro atoms. The quantitative estimate of drug-likeness (QED) is 0.443. The van der Waals surface area contributed by atoms with Crippen molar-refractivity contribution in [2.45, 2.75) is 83.9 Å². The van der Waals surface area contributed by atoms with Crippen molar-refractivity contribution in [1.82, 2.24) is 5.32 Å². The predicted octanol–water partition coefficient (Wildman–Crippen LogP) is 5.85. The Bertz CT molecular complexity index is 737. The van der Waals surface area contributed by atoms with Crippen molar-refractivity contribution in [3.63, 3.8) is 0 Å². The standard InChI is InChI=1S/C22H36F3NO4Si/c1-20(2,3)18(27)17(14-9-11-15(12-10-14)22(23,24)25)16(26-19(28)29)13-30-31(7,8)21(4,5)6/h9-12,16-18,26-27H,13H2,1-8H3,(H,28,29)/t16-,17-,18?/m1/s1.